The maximum Gasteiger partial charge on any atom is 0.165 e. The third-order valence-electron chi connectivity index (χ3n) is 6.15. The summed E-state index contributed by atoms with van der Waals surface area (Å²) in [5.74, 6) is 1.19. The van der Waals surface area contributed by atoms with Gasteiger partial charge < -0.3 is 19.8 Å². The number of aromatic hydroxyl groups is 1. The van der Waals surface area contributed by atoms with Gasteiger partial charge in [-0.2, -0.15) is 0 Å². The zero-order valence-corrected chi connectivity index (χ0v) is 13.4. The maximum absolute atomic E-state index is 10.4. The Hall–Kier alpha value is -1.01. The minimum Gasteiger partial charge on any atom is -0.504 e. The Balaban J connectivity index is 0.00000125. The van der Waals surface area contributed by atoms with E-state index in [4.69, 9.17) is 4.74 Å². The summed E-state index contributed by atoms with van der Waals surface area (Å²) < 4.78 is 6.09. The third kappa shape index (κ3) is 1.45. The largest absolute Gasteiger partial charge is 0.504 e. The number of likely N-dealkylation sites (N-methyl/N-ethyl adjacent to an activating group) is 1. The topological polar surface area (TPSA) is 52.9 Å². The molecule has 119 valence electrons. The summed E-state index contributed by atoms with van der Waals surface area (Å²) in [6.07, 6.45) is 5.18. The number of aliphatic hydroxyl groups is 1. The summed E-state index contributed by atoms with van der Waals surface area (Å²) in [6, 6.07) is 4.23. The summed E-state index contributed by atoms with van der Waals surface area (Å²) in [6.45, 7) is 1.01. The zero-order valence-electron chi connectivity index (χ0n) is 12.3. The molecule has 4 aliphatic rings. The molecule has 2 aliphatic carbocycles. The van der Waals surface area contributed by atoms with E-state index in [0.29, 0.717) is 17.7 Å². The average Bonchev–Trinajstić information content (AvgIpc) is 2.83. The molecule has 0 amide bonds. The summed E-state index contributed by atoms with van der Waals surface area (Å²) >= 11 is 0. The van der Waals surface area contributed by atoms with Crippen molar-refractivity contribution in [2.45, 2.75) is 36.5 Å². The van der Waals surface area contributed by atoms with Gasteiger partial charge in [0.25, 0.3) is 0 Å². The van der Waals surface area contributed by atoms with E-state index in [1.54, 1.807) is 6.07 Å². The summed E-state index contributed by atoms with van der Waals surface area (Å²) in [5, 5.41) is 20.6. The molecule has 1 spiro atoms. The van der Waals surface area contributed by atoms with Crippen LogP contribution in [-0.4, -0.2) is 47.0 Å². The number of nitrogens with zero attached hydrogens (tertiary/aromatic N) is 1. The van der Waals surface area contributed by atoms with E-state index in [2.05, 4.69) is 18.0 Å². The molecule has 2 aliphatic heterocycles. The first-order chi connectivity index (χ1) is 10.1. The maximum atomic E-state index is 10.4. The van der Waals surface area contributed by atoms with Crippen molar-refractivity contribution < 1.29 is 31.7 Å². The Labute approximate surface area is 140 Å². The van der Waals surface area contributed by atoms with Crippen LogP contribution in [0.2, 0.25) is 0 Å². The summed E-state index contributed by atoms with van der Waals surface area (Å²) in [5.41, 5.74) is 2.29. The van der Waals surface area contributed by atoms with Crippen molar-refractivity contribution in [2.75, 3.05) is 13.6 Å². The predicted octanol–water partition coefficient (Wildman–Crippen LogP) is 1.20. The molecule has 0 saturated carbocycles. The molecule has 1 saturated heterocycles. The van der Waals surface area contributed by atoms with Crippen LogP contribution in [0.3, 0.4) is 0 Å². The van der Waals surface area contributed by atoms with Gasteiger partial charge in [0.2, 0.25) is 0 Å². The van der Waals surface area contributed by atoms with Crippen LogP contribution in [-0.2, 0) is 28.6 Å². The molecule has 22 heavy (non-hydrogen) atoms. The van der Waals surface area contributed by atoms with Gasteiger partial charge in [0.05, 0.1) is 0 Å². The number of hydrogen-bond acceptors (Lipinski definition) is 4. The molecule has 1 aromatic carbocycles. The zero-order chi connectivity index (χ0) is 14.4. The summed E-state index contributed by atoms with van der Waals surface area (Å²) in [7, 11) is 2.19. The Bertz CT molecular complexity index is 676. The molecule has 1 aromatic rings. The van der Waals surface area contributed by atoms with E-state index in [0.717, 1.165) is 19.4 Å². The fourth-order valence-corrected chi connectivity index (χ4v) is 5.24. The SMILES string of the molecule is CN1CC[C@]23c4c5ccc(O)c4O[C@H]2[C@@H](O)C=C[C@H]3[C@H]1C5.[Co]. The number of ether oxygens (including phenoxy) is 1. The van der Waals surface area contributed by atoms with Gasteiger partial charge in [-0.15, -0.1) is 0 Å². The fourth-order valence-electron chi connectivity index (χ4n) is 5.24. The molecule has 0 aromatic heterocycles. The molecule has 2 N–H and O–H groups in total. The van der Waals surface area contributed by atoms with Crippen molar-refractivity contribution in [3.8, 4) is 11.5 Å². The number of rotatable bonds is 0. The van der Waals surface area contributed by atoms with Crippen LogP contribution in [0.25, 0.3) is 0 Å². The number of phenolic OH excluding ortho intramolecular Hbond substituents is 1. The monoisotopic (exact) mass is 344 g/mol. The van der Waals surface area contributed by atoms with Gasteiger partial charge >= 0.3 is 0 Å². The van der Waals surface area contributed by atoms with Crippen molar-refractivity contribution in [2.24, 2.45) is 5.92 Å². The second-order valence-corrected chi connectivity index (χ2v) is 6.93. The summed E-state index contributed by atoms with van der Waals surface area (Å²) in [4.78, 5) is 2.43. The molecule has 5 rings (SSSR count). The number of piperidine rings is 1. The van der Waals surface area contributed by atoms with Crippen molar-refractivity contribution >= 4 is 0 Å². The first kappa shape index (κ1) is 14.6. The smallest absolute Gasteiger partial charge is 0.165 e. The fraction of sp³-hybridized carbons (Fsp3) is 0.529. The standard InChI is InChI=1S/C17H19NO3.Co/c1-18-7-6-17-10-3-5-13(20)16(17)21-15-12(19)4-2-9(14(15)17)8-11(10)18;/h2-5,10-11,13,16,19-20H,6-8H2,1H3;/t10-,11+,13-,16-,17-;/m0./s1. The minimum atomic E-state index is -0.594. The number of hydrogen-bond donors (Lipinski definition) is 2. The van der Waals surface area contributed by atoms with Crippen LogP contribution >= 0.6 is 0 Å². The van der Waals surface area contributed by atoms with Gasteiger partial charge in [-0.05, 0) is 38.1 Å². The molecule has 1 radical (unpaired) electrons. The molecular weight excluding hydrogens is 325 g/mol. The van der Waals surface area contributed by atoms with Gasteiger partial charge in [-0.3, -0.25) is 0 Å². The van der Waals surface area contributed by atoms with E-state index in [1.165, 1.54) is 11.1 Å². The number of benzene rings is 1. The van der Waals surface area contributed by atoms with Crippen LogP contribution in [0.15, 0.2) is 24.3 Å². The minimum absolute atomic E-state index is 0. The Morgan fingerprint density at radius 2 is 2.14 bits per heavy atom. The van der Waals surface area contributed by atoms with E-state index < -0.39 is 6.10 Å². The normalized spacial score (nSPS) is 40.6. The van der Waals surface area contributed by atoms with Crippen molar-refractivity contribution in [3.05, 3.63) is 35.4 Å². The van der Waals surface area contributed by atoms with Crippen LogP contribution in [0.5, 0.6) is 11.5 Å². The van der Waals surface area contributed by atoms with Crippen LogP contribution in [0, 0.1) is 5.92 Å². The molecule has 2 bridgehead atoms. The van der Waals surface area contributed by atoms with Gasteiger partial charge in [-0.1, -0.05) is 18.2 Å². The first-order valence-corrected chi connectivity index (χ1v) is 7.71. The van der Waals surface area contributed by atoms with E-state index in [1.807, 2.05) is 12.1 Å². The van der Waals surface area contributed by atoms with Crippen molar-refractivity contribution in [3.63, 3.8) is 0 Å². The van der Waals surface area contributed by atoms with Crippen LogP contribution in [0.4, 0.5) is 0 Å². The average molecular weight is 344 g/mol. The molecule has 5 heteroatoms. The quantitative estimate of drug-likeness (QED) is 0.695. The number of aliphatic hydroxyl groups excluding tert-OH is 1. The Morgan fingerprint density at radius 1 is 1.32 bits per heavy atom. The Morgan fingerprint density at radius 3 is 2.95 bits per heavy atom. The van der Waals surface area contributed by atoms with Gasteiger partial charge in [-0.25, -0.2) is 0 Å². The number of likely N-dealkylation sites (tertiary alicyclic amines) is 1. The third-order valence-corrected chi connectivity index (χ3v) is 6.15. The van der Waals surface area contributed by atoms with Gasteiger partial charge in [0.15, 0.2) is 11.5 Å². The van der Waals surface area contributed by atoms with E-state index >= 15 is 0 Å². The molecule has 1 fully saturated rings. The first-order valence-electron chi connectivity index (χ1n) is 7.71. The van der Waals surface area contributed by atoms with Crippen molar-refractivity contribution in [1.82, 2.24) is 4.90 Å². The van der Waals surface area contributed by atoms with E-state index in [9.17, 15) is 10.2 Å². The number of phenols is 1. The van der Waals surface area contributed by atoms with Gasteiger partial charge in [0.1, 0.15) is 12.2 Å². The van der Waals surface area contributed by atoms with Crippen LogP contribution < -0.4 is 4.74 Å². The molecule has 4 nitrogen and oxygen atoms in total. The van der Waals surface area contributed by atoms with Crippen LogP contribution in [0.1, 0.15) is 17.5 Å². The molecular formula is C17H19CoNO3. The van der Waals surface area contributed by atoms with Gasteiger partial charge in [0, 0.05) is 39.7 Å². The molecule has 0 unspecified atom stereocenters. The Kier molecular flexibility index (Phi) is 2.98. The molecule has 5 atom stereocenters. The second kappa shape index (κ2) is 4.51. The predicted molar refractivity (Wildman–Crippen MR) is 77.6 cm³/mol. The van der Waals surface area contributed by atoms with Crippen molar-refractivity contribution in [1.29, 1.82) is 0 Å². The molecule has 2 heterocycles. The second-order valence-electron chi connectivity index (χ2n) is 6.93. The van der Waals surface area contributed by atoms with E-state index in [-0.39, 0.29) is 34.0 Å².